The molecule has 11 heavy (non-hydrogen) atoms. The highest BCUT2D eigenvalue weighted by Gasteiger charge is 2.24. The Bertz CT molecular complexity index is 174. The summed E-state index contributed by atoms with van der Waals surface area (Å²) in [6.45, 7) is 6.31. The van der Waals surface area contributed by atoms with E-state index in [-0.39, 0.29) is 5.44 Å². The lowest BCUT2D eigenvalue weighted by molar-refractivity contribution is 0.649. The first-order valence-electron chi connectivity index (χ1n) is 3.83. The summed E-state index contributed by atoms with van der Waals surface area (Å²) >= 11 is 0. The first-order chi connectivity index (χ1) is 5.12. The Labute approximate surface area is 68.2 Å². The second kappa shape index (κ2) is 3.07. The van der Waals surface area contributed by atoms with Crippen LogP contribution in [0.15, 0.2) is 22.6 Å². The van der Waals surface area contributed by atoms with E-state index < -0.39 is 0 Å². The molecule has 1 aliphatic heterocycles. The molecule has 0 fully saturated rings. The van der Waals surface area contributed by atoms with Gasteiger partial charge in [0.15, 0.2) is 7.28 Å². The van der Waals surface area contributed by atoms with Crippen LogP contribution in [0.25, 0.3) is 0 Å². The van der Waals surface area contributed by atoms with E-state index in [1.54, 1.807) is 0 Å². The molecule has 4 heteroatoms. The van der Waals surface area contributed by atoms with Crippen molar-refractivity contribution in [3.63, 3.8) is 0 Å². The molecule has 0 spiro atoms. The summed E-state index contributed by atoms with van der Waals surface area (Å²) in [5.74, 6) is 0.529. The van der Waals surface area contributed by atoms with Gasteiger partial charge >= 0.3 is 0 Å². The molecule has 0 saturated heterocycles. The van der Waals surface area contributed by atoms with E-state index in [9.17, 15) is 0 Å². The minimum Gasteiger partial charge on any atom is -0.268 e. The lowest BCUT2D eigenvalue weighted by atomic mass is 9.52. The molecule has 1 radical (unpaired) electrons. The van der Waals surface area contributed by atoms with Crippen LogP contribution in [-0.2, 0) is 0 Å². The minimum absolute atomic E-state index is 0.209. The largest absolute Gasteiger partial charge is 0.268 e. The quantitative estimate of drug-likeness (QED) is 0.597. The van der Waals surface area contributed by atoms with Crippen LogP contribution in [0.3, 0.4) is 0 Å². The fourth-order valence-corrected chi connectivity index (χ4v) is 1.17. The lowest BCUT2D eigenvalue weighted by Crippen LogP contribution is -2.31. The van der Waals surface area contributed by atoms with Crippen molar-refractivity contribution in [2.45, 2.75) is 32.0 Å². The van der Waals surface area contributed by atoms with Crippen LogP contribution in [0.1, 0.15) is 20.8 Å². The molecule has 1 heterocycles. The van der Waals surface area contributed by atoms with E-state index in [0.717, 1.165) is 0 Å². The van der Waals surface area contributed by atoms with Crippen molar-refractivity contribution < 1.29 is 0 Å². The van der Waals surface area contributed by atoms with Gasteiger partial charge in [-0.25, -0.2) is 0 Å². The number of nitrogens with zero attached hydrogens (tertiary/aromatic N) is 2. The minimum atomic E-state index is -0.209. The van der Waals surface area contributed by atoms with Gasteiger partial charge in [0.05, 0.1) is 5.44 Å². The fourth-order valence-electron chi connectivity index (χ4n) is 1.17. The van der Waals surface area contributed by atoms with E-state index in [2.05, 4.69) is 36.9 Å². The molecule has 0 bridgehead atoms. The summed E-state index contributed by atoms with van der Waals surface area (Å²) in [6.07, 6.45) is 3.81. The topological polar surface area (TPSA) is 36.8 Å². The second-order valence-electron chi connectivity index (χ2n) is 3.30. The fraction of sp³-hybridized carbons (Fsp3) is 0.714. The van der Waals surface area contributed by atoms with Gasteiger partial charge in [-0.05, 0) is 13.0 Å². The van der Waals surface area contributed by atoms with Gasteiger partial charge in [0.2, 0.25) is 0 Å². The number of nitrogens with one attached hydrogen (secondary N) is 1. The monoisotopic (exact) mass is 150 g/mol. The summed E-state index contributed by atoms with van der Waals surface area (Å²) in [4.78, 5) is 0. The van der Waals surface area contributed by atoms with Crippen LogP contribution in [0, 0.1) is 0 Å². The lowest BCUT2D eigenvalue weighted by Gasteiger charge is -2.22. The van der Waals surface area contributed by atoms with E-state index in [4.69, 9.17) is 0 Å². The predicted molar refractivity (Wildman–Crippen MR) is 46.4 cm³/mol. The van der Waals surface area contributed by atoms with Crippen molar-refractivity contribution in [2.24, 2.45) is 10.3 Å². The zero-order valence-corrected chi connectivity index (χ0v) is 7.20. The number of hydrogen-bond acceptors (Lipinski definition) is 3. The first-order valence-corrected chi connectivity index (χ1v) is 3.83. The summed E-state index contributed by atoms with van der Waals surface area (Å²) in [5.41, 5.74) is 2.46. The van der Waals surface area contributed by atoms with Gasteiger partial charge in [-0.2, -0.15) is 5.11 Å². The van der Waals surface area contributed by atoms with Crippen molar-refractivity contribution in [2.75, 3.05) is 0 Å². The van der Waals surface area contributed by atoms with Crippen molar-refractivity contribution in [1.82, 2.24) is 5.43 Å². The Hall–Kier alpha value is -0.795. The molecule has 0 aliphatic carbocycles. The Morgan fingerprint density at radius 3 is 2.73 bits per heavy atom. The van der Waals surface area contributed by atoms with Gasteiger partial charge in [-0.1, -0.05) is 24.9 Å². The van der Waals surface area contributed by atoms with E-state index in [1.807, 2.05) is 19.2 Å². The Morgan fingerprint density at radius 2 is 2.27 bits per heavy atom. The highest BCUT2D eigenvalue weighted by Crippen LogP contribution is 2.18. The maximum Gasteiger partial charge on any atom is 0.158 e. The molecule has 1 atom stereocenters. The molecule has 0 aromatic heterocycles. The standard InChI is InChI=1S/C7H13BN3/c1-6(2)8-7(3)4-5-9-11-10-7/h4-6H,1-3H3,(H,9,10). The molecular formula is C7H13BN3. The van der Waals surface area contributed by atoms with Crippen LogP contribution in [0.2, 0.25) is 5.82 Å². The average Bonchev–Trinajstić information content (AvgIpc) is 1.85. The van der Waals surface area contributed by atoms with Crippen molar-refractivity contribution >= 4 is 7.28 Å². The molecule has 3 nitrogen and oxygen atoms in total. The van der Waals surface area contributed by atoms with Crippen LogP contribution in [0.4, 0.5) is 0 Å². The maximum atomic E-state index is 4.07. The van der Waals surface area contributed by atoms with Crippen LogP contribution in [0.5, 0.6) is 0 Å². The van der Waals surface area contributed by atoms with Gasteiger partial charge in [-0.15, -0.1) is 0 Å². The average molecular weight is 150 g/mol. The molecule has 1 rings (SSSR count). The Morgan fingerprint density at radius 1 is 1.55 bits per heavy atom. The normalized spacial score (nSPS) is 28.7. The molecular weight excluding hydrogens is 137 g/mol. The molecule has 0 saturated carbocycles. The summed E-state index contributed by atoms with van der Waals surface area (Å²) in [7, 11) is 2.16. The van der Waals surface area contributed by atoms with Crippen molar-refractivity contribution in [3.8, 4) is 0 Å². The summed E-state index contributed by atoms with van der Waals surface area (Å²) < 4.78 is 0. The van der Waals surface area contributed by atoms with Crippen LogP contribution >= 0.6 is 0 Å². The SMILES string of the molecule is CC(C)[B]C1(C)C=CNN=N1. The molecule has 0 amide bonds. The highest BCUT2D eigenvalue weighted by atomic mass is 15.4. The molecule has 1 aliphatic rings. The summed E-state index contributed by atoms with van der Waals surface area (Å²) in [6, 6.07) is 0. The first kappa shape index (κ1) is 8.30. The number of hydrogen-bond donors (Lipinski definition) is 1. The zero-order chi connectivity index (χ0) is 8.32. The van der Waals surface area contributed by atoms with Crippen molar-refractivity contribution in [1.29, 1.82) is 0 Å². The van der Waals surface area contributed by atoms with E-state index in [1.165, 1.54) is 0 Å². The highest BCUT2D eigenvalue weighted by molar-refractivity contribution is 6.42. The second-order valence-corrected chi connectivity index (χ2v) is 3.30. The summed E-state index contributed by atoms with van der Waals surface area (Å²) in [5, 5.41) is 7.81. The molecule has 1 unspecified atom stereocenters. The third-order valence-electron chi connectivity index (χ3n) is 1.49. The molecule has 0 aromatic rings. The van der Waals surface area contributed by atoms with Gasteiger partial charge in [0, 0.05) is 6.20 Å². The van der Waals surface area contributed by atoms with Gasteiger partial charge in [-0.3, -0.25) is 5.43 Å². The van der Waals surface area contributed by atoms with Gasteiger partial charge in [0.1, 0.15) is 0 Å². The van der Waals surface area contributed by atoms with Crippen LogP contribution in [-0.4, -0.2) is 12.7 Å². The number of rotatable bonds is 2. The predicted octanol–water partition coefficient (Wildman–Crippen LogP) is 1.72. The Balaban J connectivity index is 2.58. The van der Waals surface area contributed by atoms with Crippen molar-refractivity contribution in [3.05, 3.63) is 12.3 Å². The smallest absolute Gasteiger partial charge is 0.158 e. The Kier molecular flexibility index (Phi) is 2.32. The van der Waals surface area contributed by atoms with Gasteiger partial charge in [0.25, 0.3) is 0 Å². The maximum absolute atomic E-state index is 4.07. The molecule has 1 N–H and O–H groups in total. The molecule has 59 valence electrons. The third kappa shape index (κ3) is 2.37. The zero-order valence-electron chi connectivity index (χ0n) is 7.20. The van der Waals surface area contributed by atoms with E-state index >= 15 is 0 Å². The third-order valence-corrected chi connectivity index (χ3v) is 1.49. The molecule has 0 aromatic carbocycles. The van der Waals surface area contributed by atoms with E-state index in [0.29, 0.717) is 5.82 Å². The van der Waals surface area contributed by atoms with Crippen LogP contribution < -0.4 is 5.43 Å². The van der Waals surface area contributed by atoms with Gasteiger partial charge < -0.3 is 0 Å².